The van der Waals surface area contributed by atoms with Crippen molar-refractivity contribution in [1.29, 1.82) is 5.26 Å². The molecule has 0 amide bonds. The monoisotopic (exact) mass is 360 g/mol. The number of hydrogen-bond acceptors (Lipinski definition) is 7. The molecule has 3 aromatic rings. The van der Waals surface area contributed by atoms with Crippen molar-refractivity contribution in [3.8, 4) is 40.0 Å². The summed E-state index contributed by atoms with van der Waals surface area (Å²) in [6.45, 7) is -0.0191. The molecule has 0 fully saturated rings. The Morgan fingerprint density at radius 3 is 2.48 bits per heavy atom. The highest BCUT2D eigenvalue weighted by Crippen LogP contribution is 2.44. The van der Waals surface area contributed by atoms with Crippen LogP contribution < -0.4 is 15.2 Å². The second-order valence-corrected chi connectivity index (χ2v) is 5.77. The predicted octanol–water partition coefficient (Wildman–Crippen LogP) is 3.51. The second-order valence-electron chi connectivity index (χ2n) is 5.77. The number of pyridine rings is 1. The van der Waals surface area contributed by atoms with Gasteiger partial charge in [-0.3, -0.25) is 10.1 Å². The van der Waals surface area contributed by atoms with Gasteiger partial charge in [0, 0.05) is 11.1 Å². The highest BCUT2D eigenvalue weighted by atomic mass is 16.7. The standard InChI is InChI=1S/C19H12N4O4/c20-9-14-12(6-15(22-19(14)21)11-4-2-1-3-5-11)13-7-17-18(27-10-26-17)8-16(13)23(24)25/h1-8H,10H2,(H2,21,22). The number of nitrogens with zero attached hydrogens (tertiary/aromatic N) is 3. The molecule has 2 heterocycles. The first-order valence-corrected chi connectivity index (χ1v) is 7.93. The van der Waals surface area contributed by atoms with Crippen molar-refractivity contribution < 1.29 is 14.4 Å². The summed E-state index contributed by atoms with van der Waals surface area (Å²) in [4.78, 5) is 15.4. The number of anilines is 1. The molecule has 0 aliphatic carbocycles. The number of nitriles is 1. The minimum atomic E-state index is -0.530. The molecule has 0 atom stereocenters. The van der Waals surface area contributed by atoms with Crippen molar-refractivity contribution in [2.24, 2.45) is 0 Å². The lowest BCUT2D eigenvalue weighted by molar-refractivity contribution is -0.384. The minimum Gasteiger partial charge on any atom is -0.454 e. The number of nitro benzene ring substituents is 1. The van der Waals surface area contributed by atoms with Crippen molar-refractivity contribution in [3.05, 3.63) is 64.2 Å². The summed E-state index contributed by atoms with van der Waals surface area (Å²) in [5.41, 5.74) is 7.66. The molecule has 2 N–H and O–H groups in total. The number of nitro groups is 1. The number of ether oxygens (including phenoxy) is 2. The van der Waals surface area contributed by atoms with Crippen molar-refractivity contribution in [3.63, 3.8) is 0 Å². The largest absolute Gasteiger partial charge is 0.454 e. The predicted molar refractivity (Wildman–Crippen MR) is 97.0 cm³/mol. The minimum absolute atomic E-state index is 0.000757. The molecule has 1 aliphatic heterocycles. The van der Waals surface area contributed by atoms with Gasteiger partial charge in [-0.05, 0) is 12.1 Å². The van der Waals surface area contributed by atoms with Crippen LogP contribution in [0, 0.1) is 21.4 Å². The number of nitrogens with two attached hydrogens (primary N) is 1. The average molecular weight is 360 g/mol. The van der Waals surface area contributed by atoms with Gasteiger partial charge < -0.3 is 15.2 Å². The fraction of sp³-hybridized carbons (Fsp3) is 0.0526. The lowest BCUT2D eigenvalue weighted by Gasteiger charge is -2.11. The van der Waals surface area contributed by atoms with E-state index in [-0.39, 0.29) is 35.2 Å². The third-order valence-electron chi connectivity index (χ3n) is 4.21. The normalized spacial score (nSPS) is 11.8. The zero-order valence-electron chi connectivity index (χ0n) is 13.9. The lowest BCUT2D eigenvalue weighted by atomic mass is 9.96. The van der Waals surface area contributed by atoms with Gasteiger partial charge in [0.1, 0.15) is 17.5 Å². The maximum absolute atomic E-state index is 11.6. The molecule has 0 radical (unpaired) electrons. The number of aromatic nitrogens is 1. The highest BCUT2D eigenvalue weighted by molar-refractivity contribution is 5.86. The van der Waals surface area contributed by atoms with Crippen LogP contribution in [0.3, 0.4) is 0 Å². The number of nitrogen functional groups attached to an aromatic ring is 1. The maximum Gasteiger partial charge on any atom is 0.281 e. The molecule has 2 aromatic carbocycles. The smallest absolute Gasteiger partial charge is 0.281 e. The molecule has 0 saturated heterocycles. The van der Waals surface area contributed by atoms with Gasteiger partial charge in [0.2, 0.25) is 6.79 Å². The second kappa shape index (κ2) is 6.31. The third kappa shape index (κ3) is 2.77. The Morgan fingerprint density at radius 2 is 1.81 bits per heavy atom. The van der Waals surface area contributed by atoms with E-state index < -0.39 is 4.92 Å². The first-order valence-electron chi connectivity index (χ1n) is 7.93. The van der Waals surface area contributed by atoms with Crippen LogP contribution in [0.25, 0.3) is 22.4 Å². The van der Waals surface area contributed by atoms with E-state index in [1.54, 1.807) is 6.07 Å². The summed E-state index contributed by atoms with van der Waals surface area (Å²) in [5, 5.41) is 21.2. The topological polar surface area (TPSA) is 124 Å². The summed E-state index contributed by atoms with van der Waals surface area (Å²) in [6.07, 6.45) is 0. The van der Waals surface area contributed by atoms with Crippen LogP contribution in [0.5, 0.6) is 11.5 Å². The van der Waals surface area contributed by atoms with Gasteiger partial charge in [0.05, 0.1) is 22.2 Å². The molecule has 0 spiro atoms. The van der Waals surface area contributed by atoms with Gasteiger partial charge in [-0.25, -0.2) is 4.98 Å². The summed E-state index contributed by atoms with van der Waals surface area (Å²) in [7, 11) is 0. The molecule has 27 heavy (non-hydrogen) atoms. The van der Waals surface area contributed by atoms with E-state index in [0.717, 1.165) is 5.56 Å². The highest BCUT2D eigenvalue weighted by Gasteiger charge is 2.27. The Kier molecular flexibility index (Phi) is 3.82. The molecule has 0 unspecified atom stereocenters. The van der Waals surface area contributed by atoms with Crippen LogP contribution in [0.15, 0.2) is 48.5 Å². The summed E-state index contributed by atoms with van der Waals surface area (Å²) in [6, 6.07) is 15.6. The van der Waals surface area contributed by atoms with E-state index in [0.29, 0.717) is 17.0 Å². The molecule has 0 bridgehead atoms. The Labute approximate surface area is 153 Å². The van der Waals surface area contributed by atoms with E-state index in [2.05, 4.69) is 4.98 Å². The molecule has 0 saturated carbocycles. The van der Waals surface area contributed by atoms with Gasteiger partial charge in [0.25, 0.3) is 5.69 Å². The summed E-state index contributed by atoms with van der Waals surface area (Å²) >= 11 is 0. The molecule has 8 heteroatoms. The Balaban J connectivity index is 2.00. The van der Waals surface area contributed by atoms with Crippen LogP contribution in [0.2, 0.25) is 0 Å². The molecule has 8 nitrogen and oxygen atoms in total. The molecular weight excluding hydrogens is 348 g/mol. The van der Waals surface area contributed by atoms with Gasteiger partial charge in [-0.1, -0.05) is 30.3 Å². The average Bonchev–Trinajstić information content (AvgIpc) is 3.14. The zero-order chi connectivity index (χ0) is 19.0. The van der Waals surface area contributed by atoms with Gasteiger partial charge in [-0.2, -0.15) is 5.26 Å². The fourth-order valence-corrected chi connectivity index (χ4v) is 2.95. The van der Waals surface area contributed by atoms with E-state index in [9.17, 15) is 15.4 Å². The summed E-state index contributed by atoms with van der Waals surface area (Å²) < 4.78 is 10.6. The lowest BCUT2D eigenvalue weighted by Crippen LogP contribution is -2.01. The van der Waals surface area contributed by atoms with Crippen LogP contribution in [-0.4, -0.2) is 16.7 Å². The molecule has 132 valence electrons. The maximum atomic E-state index is 11.6. The summed E-state index contributed by atoms with van der Waals surface area (Å²) in [5.74, 6) is 0.659. The van der Waals surface area contributed by atoms with E-state index in [4.69, 9.17) is 15.2 Å². The van der Waals surface area contributed by atoms with Gasteiger partial charge in [0.15, 0.2) is 11.5 Å². The number of rotatable bonds is 3. The van der Waals surface area contributed by atoms with E-state index in [1.807, 2.05) is 36.4 Å². The number of benzene rings is 2. The van der Waals surface area contributed by atoms with Crippen LogP contribution in [-0.2, 0) is 0 Å². The van der Waals surface area contributed by atoms with Crippen molar-refractivity contribution in [2.45, 2.75) is 0 Å². The quantitative estimate of drug-likeness (QED) is 0.560. The van der Waals surface area contributed by atoms with Crippen molar-refractivity contribution >= 4 is 11.5 Å². The van der Waals surface area contributed by atoms with Crippen LogP contribution in [0.1, 0.15) is 5.56 Å². The Bertz CT molecular complexity index is 1110. The molecule has 4 rings (SSSR count). The van der Waals surface area contributed by atoms with Crippen LogP contribution >= 0.6 is 0 Å². The van der Waals surface area contributed by atoms with Crippen molar-refractivity contribution in [2.75, 3.05) is 12.5 Å². The first kappa shape index (κ1) is 16.4. The Hall–Kier alpha value is -4.12. The fourth-order valence-electron chi connectivity index (χ4n) is 2.95. The Morgan fingerprint density at radius 1 is 1.11 bits per heavy atom. The molecule has 1 aromatic heterocycles. The number of fused-ring (bicyclic) bond motifs is 1. The van der Waals surface area contributed by atoms with E-state index >= 15 is 0 Å². The van der Waals surface area contributed by atoms with Crippen LogP contribution in [0.4, 0.5) is 11.5 Å². The third-order valence-corrected chi connectivity index (χ3v) is 4.21. The van der Waals surface area contributed by atoms with Crippen molar-refractivity contribution in [1.82, 2.24) is 4.98 Å². The first-order chi connectivity index (χ1) is 13.1. The molecule has 1 aliphatic rings. The SMILES string of the molecule is N#Cc1c(-c2cc3c(cc2[N+](=O)[O-])OCO3)cc(-c2ccccc2)nc1N. The molecular formula is C19H12N4O4. The zero-order valence-corrected chi connectivity index (χ0v) is 13.9. The van der Waals surface area contributed by atoms with E-state index in [1.165, 1.54) is 12.1 Å². The van der Waals surface area contributed by atoms with Gasteiger partial charge >= 0.3 is 0 Å². The number of hydrogen-bond donors (Lipinski definition) is 1. The van der Waals surface area contributed by atoms with Gasteiger partial charge in [-0.15, -0.1) is 0 Å².